The van der Waals surface area contributed by atoms with Crippen molar-refractivity contribution in [1.82, 2.24) is 15.0 Å². The van der Waals surface area contributed by atoms with Crippen molar-refractivity contribution in [2.75, 3.05) is 7.11 Å². The van der Waals surface area contributed by atoms with Crippen LogP contribution in [-0.4, -0.2) is 37.4 Å². The fourth-order valence-corrected chi connectivity index (χ4v) is 4.06. The predicted molar refractivity (Wildman–Crippen MR) is 133 cm³/mol. The Bertz CT molecular complexity index is 1640. The van der Waals surface area contributed by atoms with Crippen LogP contribution < -0.4 is 10.3 Å². The first kappa shape index (κ1) is 22.0. The molecule has 3 aromatic carbocycles. The van der Waals surface area contributed by atoms with Gasteiger partial charge in [-0.1, -0.05) is 30.3 Å². The van der Waals surface area contributed by atoms with E-state index in [1.807, 2.05) is 24.3 Å². The zero-order valence-electron chi connectivity index (χ0n) is 18.9. The van der Waals surface area contributed by atoms with E-state index in [0.29, 0.717) is 44.9 Å². The topological polar surface area (TPSA) is 129 Å². The Morgan fingerprint density at radius 1 is 0.771 bits per heavy atom. The predicted octanol–water partition coefficient (Wildman–Crippen LogP) is 4.75. The van der Waals surface area contributed by atoms with E-state index < -0.39 is 0 Å². The van der Waals surface area contributed by atoms with Crippen LogP contribution in [0, 0.1) is 6.92 Å². The van der Waals surface area contributed by atoms with Gasteiger partial charge in [-0.05, 0) is 54.4 Å². The van der Waals surface area contributed by atoms with Crippen LogP contribution in [0.3, 0.4) is 0 Å². The number of aromatic nitrogens is 3. The van der Waals surface area contributed by atoms with Gasteiger partial charge in [0.1, 0.15) is 17.3 Å². The molecular weight excluding hydrogens is 446 g/mol. The molecule has 0 saturated carbocycles. The number of hydrogen-bond donors (Lipinski definition) is 4. The number of aryl methyl sites for hydroxylation is 1. The van der Waals surface area contributed by atoms with Gasteiger partial charge in [0, 0.05) is 16.7 Å². The van der Waals surface area contributed by atoms with Gasteiger partial charge >= 0.3 is 0 Å². The van der Waals surface area contributed by atoms with Crippen molar-refractivity contribution in [3.63, 3.8) is 0 Å². The molecule has 5 aromatic rings. The van der Waals surface area contributed by atoms with Gasteiger partial charge < -0.3 is 25.0 Å². The van der Waals surface area contributed by atoms with Crippen LogP contribution in [-0.2, 0) is 0 Å². The van der Waals surface area contributed by atoms with Crippen molar-refractivity contribution >= 4 is 11.0 Å². The molecule has 5 rings (SSSR count). The largest absolute Gasteiger partial charge is 0.508 e. The number of H-pyrrole nitrogens is 1. The summed E-state index contributed by atoms with van der Waals surface area (Å²) in [5, 5.41) is 30.6. The maximum atomic E-state index is 12.8. The zero-order chi connectivity index (χ0) is 24.7. The van der Waals surface area contributed by atoms with Crippen molar-refractivity contribution < 1.29 is 20.1 Å². The smallest absolute Gasteiger partial charge is 0.261 e. The Labute approximate surface area is 199 Å². The number of phenolic OH excluding ortho intramolecular Hbond substituents is 3. The molecule has 0 saturated heterocycles. The van der Waals surface area contributed by atoms with Gasteiger partial charge in [0.15, 0.2) is 17.1 Å². The van der Waals surface area contributed by atoms with E-state index in [1.54, 1.807) is 25.1 Å². The molecule has 8 nitrogen and oxygen atoms in total. The number of methoxy groups -OCH3 is 1. The summed E-state index contributed by atoms with van der Waals surface area (Å²) in [4.78, 5) is 24.6. The van der Waals surface area contributed by atoms with Gasteiger partial charge in [0.05, 0.1) is 18.2 Å². The lowest BCUT2D eigenvalue weighted by Gasteiger charge is -2.12. The second-order valence-electron chi connectivity index (χ2n) is 8.07. The van der Waals surface area contributed by atoms with Crippen LogP contribution in [0.1, 0.15) is 5.82 Å². The zero-order valence-corrected chi connectivity index (χ0v) is 18.9. The first-order valence-electron chi connectivity index (χ1n) is 10.8. The molecule has 0 bridgehead atoms. The number of pyridine rings is 1. The first-order chi connectivity index (χ1) is 16.8. The molecule has 0 spiro atoms. The van der Waals surface area contributed by atoms with Crippen LogP contribution >= 0.6 is 0 Å². The number of rotatable bonds is 4. The van der Waals surface area contributed by atoms with E-state index in [2.05, 4.69) is 15.0 Å². The normalized spacial score (nSPS) is 11.0. The fourth-order valence-electron chi connectivity index (χ4n) is 4.06. The van der Waals surface area contributed by atoms with E-state index in [1.165, 1.54) is 31.4 Å². The number of fused-ring (bicyclic) bond motifs is 1. The molecule has 0 atom stereocenters. The van der Waals surface area contributed by atoms with E-state index in [9.17, 15) is 20.1 Å². The highest BCUT2D eigenvalue weighted by Gasteiger charge is 2.16. The van der Waals surface area contributed by atoms with Gasteiger partial charge in [0.2, 0.25) is 0 Å². The highest BCUT2D eigenvalue weighted by Crippen LogP contribution is 2.36. The minimum absolute atomic E-state index is 0.0525. The number of aromatic amines is 1. The molecule has 4 N–H and O–H groups in total. The number of nitrogens with one attached hydrogen (secondary N) is 1. The van der Waals surface area contributed by atoms with Crippen molar-refractivity contribution in [3.8, 4) is 56.5 Å². The van der Waals surface area contributed by atoms with Crippen LogP contribution in [0.2, 0.25) is 0 Å². The van der Waals surface area contributed by atoms with Crippen LogP contribution in [0.25, 0.3) is 44.5 Å². The lowest BCUT2D eigenvalue weighted by molar-refractivity contribution is 0.373. The second kappa shape index (κ2) is 8.49. The Balaban J connectivity index is 1.68. The van der Waals surface area contributed by atoms with Crippen molar-refractivity contribution in [3.05, 3.63) is 82.9 Å². The molecule has 0 unspecified atom stereocenters. The third kappa shape index (κ3) is 4.02. The van der Waals surface area contributed by atoms with Gasteiger partial charge in [-0.25, -0.2) is 9.97 Å². The quantitative estimate of drug-likeness (QED) is 0.281. The second-order valence-corrected chi connectivity index (χ2v) is 8.07. The van der Waals surface area contributed by atoms with Gasteiger partial charge in [-0.15, -0.1) is 0 Å². The SMILES string of the molecule is COc1ccc(-c2cc(-c3ccc(-c4cc(O)ccc4O)cc3)nc3nc(C)[nH]c(=O)c23)cc1O. The number of hydrogen-bond acceptors (Lipinski definition) is 7. The minimum Gasteiger partial charge on any atom is -0.508 e. The molecule has 2 aromatic heterocycles. The summed E-state index contributed by atoms with van der Waals surface area (Å²) < 4.78 is 5.14. The van der Waals surface area contributed by atoms with Crippen LogP contribution in [0.5, 0.6) is 23.0 Å². The molecule has 8 heteroatoms. The number of ether oxygens (including phenoxy) is 1. The number of phenols is 3. The van der Waals surface area contributed by atoms with E-state index >= 15 is 0 Å². The van der Waals surface area contributed by atoms with Crippen molar-refractivity contribution in [2.24, 2.45) is 0 Å². The summed E-state index contributed by atoms with van der Waals surface area (Å²) in [5.74, 6) is 0.812. The van der Waals surface area contributed by atoms with E-state index in [4.69, 9.17) is 4.74 Å². The number of benzene rings is 3. The van der Waals surface area contributed by atoms with Gasteiger partial charge in [-0.2, -0.15) is 0 Å². The minimum atomic E-state index is -0.327. The molecule has 0 aliphatic carbocycles. The Kier molecular flexibility index (Phi) is 5.33. The summed E-state index contributed by atoms with van der Waals surface area (Å²) >= 11 is 0. The highest BCUT2D eigenvalue weighted by atomic mass is 16.5. The molecule has 0 radical (unpaired) electrons. The first-order valence-corrected chi connectivity index (χ1v) is 10.8. The maximum absolute atomic E-state index is 12.8. The van der Waals surface area contributed by atoms with Crippen molar-refractivity contribution in [2.45, 2.75) is 6.92 Å². The molecule has 0 amide bonds. The maximum Gasteiger partial charge on any atom is 0.261 e. The van der Waals surface area contributed by atoms with Gasteiger partial charge in [0.25, 0.3) is 5.56 Å². The lowest BCUT2D eigenvalue weighted by Crippen LogP contribution is -2.12. The summed E-state index contributed by atoms with van der Waals surface area (Å²) in [7, 11) is 1.46. The molecule has 35 heavy (non-hydrogen) atoms. The summed E-state index contributed by atoms with van der Waals surface area (Å²) in [6, 6.07) is 18.3. The third-order valence-corrected chi connectivity index (χ3v) is 5.76. The number of aromatic hydroxyl groups is 3. The molecule has 0 aliphatic rings. The highest BCUT2D eigenvalue weighted by molar-refractivity contribution is 5.95. The van der Waals surface area contributed by atoms with Gasteiger partial charge in [-0.3, -0.25) is 4.79 Å². The third-order valence-electron chi connectivity index (χ3n) is 5.76. The number of nitrogens with zero attached hydrogens (tertiary/aromatic N) is 2. The van der Waals surface area contributed by atoms with Crippen molar-refractivity contribution in [1.29, 1.82) is 0 Å². The Hall–Kier alpha value is -4.85. The molecule has 174 valence electrons. The summed E-state index contributed by atoms with van der Waals surface area (Å²) in [6.45, 7) is 1.69. The summed E-state index contributed by atoms with van der Waals surface area (Å²) in [5.41, 5.74) is 3.67. The fraction of sp³-hybridized carbons (Fsp3) is 0.0741. The monoisotopic (exact) mass is 467 g/mol. The Morgan fingerprint density at radius 3 is 2.20 bits per heavy atom. The van der Waals surface area contributed by atoms with Crippen LogP contribution in [0.15, 0.2) is 71.5 Å². The molecular formula is C27H21N3O5. The molecule has 0 fully saturated rings. The standard InChI is InChI=1S/C27H21N3O5/c1-14-28-26-25(27(34)29-14)20(17-7-10-24(35-2)23(33)11-17)13-21(30-26)16-5-3-15(4-6-16)19-12-18(31)8-9-22(19)32/h3-13,31-33H,1-2H3,(H,28,29,30,34). The average Bonchev–Trinajstić information content (AvgIpc) is 2.84. The average molecular weight is 467 g/mol. The van der Waals surface area contributed by atoms with E-state index in [-0.39, 0.29) is 28.5 Å². The van der Waals surface area contributed by atoms with E-state index in [0.717, 1.165) is 5.56 Å². The molecule has 2 heterocycles. The summed E-state index contributed by atoms with van der Waals surface area (Å²) in [6.07, 6.45) is 0. The van der Waals surface area contributed by atoms with Crippen LogP contribution in [0.4, 0.5) is 0 Å². The molecule has 0 aliphatic heterocycles. The lowest BCUT2D eigenvalue weighted by atomic mass is 9.98. The Morgan fingerprint density at radius 2 is 1.49 bits per heavy atom.